The molecule has 3 heterocycles. The number of ether oxygens (including phenoxy) is 1. The van der Waals surface area contributed by atoms with E-state index in [0.29, 0.717) is 23.3 Å². The van der Waals surface area contributed by atoms with E-state index in [1.807, 2.05) is 103 Å². The second-order valence-corrected chi connectivity index (χ2v) is 8.84. The van der Waals surface area contributed by atoms with Crippen LogP contribution in [-0.2, 0) is 11.2 Å². The largest absolute Gasteiger partial charge is 0.496 e. The summed E-state index contributed by atoms with van der Waals surface area (Å²) < 4.78 is 5.64. The normalized spacial score (nSPS) is 14.5. The molecule has 7 nitrogen and oxygen atoms in total. The number of hydrogen-bond donors (Lipinski definition) is 0. The number of rotatable bonds is 4. The number of pyridine rings is 1. The van der Waals surface area contributed by atoms with Gasteiger partial charge in [0, 0.05) is 61.7 Å². The number of amides is 2. The minimum absolute atomic E-state index is 0.0247. The van der Waals surface area contributed by atoms with Crippen LogP contribution in [0.2, 0.25) is 0 Å². The number of carbonyl (C=O) groups excluding carboxylic acids is 2. The summed E-state index contributed by atoms with van der Waals surface area (Å²) in [4.78, 5) is 36.0. The van der Waals surface area contributed by atoms with Crippen molar-refractivity contribution >= 4 is 23.3 Å². The van der Waals surface area contributed by atoms with Crippen LogP contribution < -0.4 is 14.5 Å². The molecule has 2 amide bonds. The van der Waals surface area contributed by atoms with Crippen molar-refractivity contribution in [2.24, 2.45) is 0 Å². The van der Waals surface area contributed by atoms with Gasteiger partial charge in [-0.15, -0.1) is 0 Å². The molecular formula is C32H50N4O3. The second kappa shape index (κ2) is 16.6. The fourth-order valence-corrected chi connectivity index (χ4v) is 4.51. The SMILES string of the molecule is CC.CC.CC.COc1cc(C(=O)N2CCCCC2)ccc1Cc1ccc2c(n1)N(C)C(C)=C(C)C(=O)N2C. The molecule has 1 saturated heterocycles. The fraction of sp³-hybridized carbons (Fsp3) is 0.531. The van der Waals surface area contributed by atoms with E-state index in [-0.39, 0.29) is 11.8 Å². The summed E-state index contributed by atoms with van der Waals surface area (Å²) in [7, 11) is 5.34. The van der Waals surface area contributed by atoms with Gasteiger partial charge in [0.2, 0.25) is 0 Å². The Morgan fingerprint density at radius 3 is 2.10 bits per heavy atom. The van der Waals surface area contributed by atoms with Crippen molar-refractivity contribution in [1.82, 2.24) is 9.88 Å². The Balaban J connectivity index is 0.00000119. The van der Waals surface area contributed by atoms with Gasteiger partial charge in [-0.3, -0.25) is 9.59 Å². The zero-order chi connectivity index (χ0) is 29.7. The van der Waals surface area contributed by atoms with Gasteiger partial charge in [-0.05, 0) is 57.4 Å². The first-order valence-electron chi connectivity index (χ1n) is 14.5. The fourth-order valence-electron chi connectivity index (χ4n) is 4.51. The van der Waals surface area contributed by atoms with Gasteiger partial charge < -0.3 is 19.4 Å². The third-order valence-corrected chi connectivity index (χ3v) is 6.81. The average molecular weight is 539 g/mol. The highest BCUT2D eigenvalue weighted by Crippen LogP contribution is 2.34. The molecule has 0 atom stereocenters. The Morgan fingerprint density at radius 2 is 1.51 bits per heavy atom. The lowest BCUT2D eigenvalue weighted by molar-refractivity contribution is -0.114. The molecule has 39 heavy (non-hydrogen) atoms. The van der Waals surface area contributed by atoms with Gasteiger partial charge in [0.25, 0.3) is 11.8 Å². The van der Waals surface area contributed by atoms with Gasteiger partial charge >= 0.3 is 0 Å². The minimum atomic E-state index is -0.0247. The number of nitrogens with zero attached hydrogens (tertiary/aromatic N) is 4. The van der Waals surface area contributed by atoms with E-state index in [1.165, 1.54) is 6.42 Å². The van der Waals surface area contributed by atoms with Crippen molar-refractivity contribution in [3.63, 3.8) is 0 Å². The van der Waals surface area contributed by atoms with E-state index in [1.54, 1.807) is 19.1 Å². The van der Waals surface area contributed by atoms with Crippen molar-refractivity contribution in [2.45, 2.75) is 81.1 Å². The van der Waals surface area contributed by atoms with Crippen molar-refractivity contribution in [1.29, 1.82) is 0 Å². The first kappa shape index (κ1) is 33.7. The standard InChI is InChI=1S/C26H32N4O3.3C2H6/c1-17-18(2)28(3)24-22(29(4)25(17)31)12-11-21(27-24)15-19-9-10-20(16-23(19)33-5)26(32)30-13-7-6-8-14-30;3*1-2/h9-12,16H,6-8,13-15H2,1-5H3;3*1-2H3. The maximum Gasteiger partial charge on any atom is 0.255 e. The van der Waals surface area contributed by atoms with Gasteiger partial charge in [0.1, 0.15) is 5.75 Å². The molecule has 0 bridgehead atoms. The van der Waals surface area contributed by atoms with Crippen molar-refractivity contribution in [3.05, 3.63) is 58.4 Å². The number of likely N-dealkylation sites (tertiary alicyclic amines) is 1. The van der Waals surface area contributed by atoms with Gasteiger partial charge in [-0.2, -0.15) is 0 Å². The highest BCUT2D eigenvalue weighted by atomic mass is 16.5. The molecule has 0 radical (unpaired) electrons. The smallest absolute Gasteiger partial charge is 0.255 e. The molecule has 0 saturated carbocycles. The second-order valence-electron chi connectivity index (χ2n) is 8.84. The molecule has 2 aromatic rings. The average Bonchev–Trinajstić information content (AvgIpc) is 3.07. The van der Waals surface area contributed by atoms with Crippen LogP contribution in [-0.4, -0.2) is 56.0 Å². The number of fused-ring (bicyclic) bond motifs is 1. The Hall–Kier alpha value is -3.35. The topological polar surface area (TPSA) is 66.0 Å². The monoisotopic (exact) mass is 538 g/mol. The summed E-state index contributed by atoms with van der Waals surface area (Å²) in [6.45, 7) is 17.4. The molecule has 1 aromatic heterocycles. The molecule has 2 aliphatic rings. The number of hydrogen-bond acceptors (Lipinski definition) is 5. The van der Waals surface area contributed by atoms with Crippen LogP contribution >= 0.6 is 0 Å². The van der Waals surface area contributed by atoms with Crippen LogP contribution in [0.5, 0.6) is 5.75 Å². The molecule has 4 rings (SSSR count). The van der Waals surface area contributed by atoms with E-state index in [4.69, 9.17) is 9.72 Å². The Morgan fingerprint density at radius 1 is 0.897 bits per heavy atom. The molecule has 0 unspecified atom stereocenters. The van der Waals surface area contributed by atoms with Crippen molar-refractivity contribution in [2.75, 3.05) is 44.1 Å². The van der Waals surface area contributed by atoms with Crippen LogP contribution in [0.3, 0.4) is 0 Å². The van der Waals surface area contributed by atoms with Crippen molar-refractivity contribution in [3.8, 4) is 5.75 Å². The summed E-state index contributed by atoms with van der Waals surface area (Å²) >= 11 is 0. The van der Waals surface area contributed by atoms with Crippen LogP contribution in [0.25, 0.3) is 0 Å². The van der Waals surface area contributed by atoms with E-state index >= 15 is 0 Å². The zero-order valence-corrected chi connectivity index (χ0v) is 26.1. The quantitative estimate of drug-likeness (QED) is 0.416. The van der Waals surface area contributed by atoms with E-state index in [0.717, 1.165) is 54.4 Å². The van der Waals surface area contributed by atoms with E-state index < -0.39 is 0 Å². The van der Waals surface area contributed by atoms with Gasteiger partial charge in [0.05, 0.1) is 12.8 Å². The van der Waals surface area contributed by atoms with Gasteiger partial charge in [0.15, 0.2) is 5.82 Å². The molecule has 0 aliphatic carbocycles. The summed E-state index contributed by atoms with van der Waals surface area (Å²) in [6, 6.07) is 9.56. The maximum atomic E-state index is 12.9. The molecule has 0 N–H and O–H groups in total. The summed E-state index contributed by atoms with van der Waals surface area (Å²) in [5.41, 5.74) is 4.84. The highest BCUT2D eigenvalue weighted by molar-refractivity contribution is 6.08. The van der Waals surface area contributed by atoms with Gasteiger partial charge in [-0.25, -0.2) is 4.98 Å². The molecule has 216 valence electrons. The van der Waals surface area contributed by atoms with Gasteiger partial charge in [-0.1, -0.05) is 47.6 Å². The van der Waals surface area contributed by atoms with Crippen molar-refractivity contribution < 1.29 is 14.3 Å². The van der Waals surface area contributed by atoms with Crippen LogP contribution in [0.15, 0.2) is 41.6 Å². The first-order valence-corrected chi connectivity index (χ1v) is 14.5. The summed E-state index contributed by atoms with van der Waals surface area (Å²) in [5.74, 6) is 1.47. The molecule has 0 spiro atoms. The summed E-state index contributed by atoms with van der Waals surface area (Å²) in [6.07, 6.45) is 3.87. The molecular weight excluding hydrogens is 488 g/mol. The number of carbonyl (C=O) groups is 2. The first-order chi connectivity index (χ1) is 18.8. The molecule has 2 aliphatic heterocycles. The lowest BCUT2D eigenvalue weighted by atomic mass is 10.0. The zero-order valence-electron chi connectivity index (χ0n) is 26.1. The number of methoxy groups -OCH3 is 1. The third-order valence-electron chi connectivity index (χ3n) is 6.81. The molecule has 7 heteroatoms. The number of likely N-dealkylation sites (N-methyl/N-ethyl adjacent to an activating group) is 1. The molecule has 1 aromatic carbocycles. The predicted octanol–water partition coefficient (Wildman–Crippen LogP) is 7.09. The predicted molar refractivity (Wildman–Crippen MR) is 164 cm³/mol. The highest BCUT2D eigenvalue weighted by Gasteiger charge is 2.27. The Bertz CT molecular complexity index is 1120. The Kier molecular flexibility index (Phi) is 14.3. The summed E-state index contributed by atoms with van der Waals surface area (Å²) in [5, 5.41) is 0. The number of piperidine rings is 1. The number of anilines is 2. The number of aromatic nitrogens is 1. The Labute approximate surface area is 236 Å². The van der Waals surface area contributed by atoms with E-state index in [9.17, 15) is 9.59 Å². The lowest BCUT2D eigenvalue weighted by Crippen LogP contribution is -2.35. The minimum Gasteiger partial charge on any atom is -0.496 e. The van der Waals surface area contributed by atoms with E-state index in [2.05, 4.69) is 0 Å². The van der Waals surface area contributed by atoms with Crippen LogP contribution in [0.1, 0.15) is 96.3 Å². The molecule has 1 fully saturated rings. The van der Waals surface area contributed by atoms with Crippen LogP contribution in [0.4, 0.5) is 11.5 Å². The lowest BCUT2D eigenvalue weighted by Gasteiger charge is -2.27. The third kappa shape index (κ3) is 7.84. The number of allylic oxidation sites excluding steroid dienone is 1. The maximum absolute atomic E-state index is 12.9. The van der Waals surface area contributed by atoms with Crippen LogP contribution in [0, 0.1) is 0 Å². The number of benzene rings is 1.